The van der Waals surface area contributed by atoms with Crippen LogP contribution >= 0.6 is 0 Å². The van der Waals surface area contributed by atoms with E-state index in [4.69, 9.17) is 15.0 Å². The van der Waals surface area contributed by atoms with Crippen LogP contribution in [-0.2, 0) is 19.5 Å². The second-order valence-electron chi connectivity index (χ2n) is 14.5. The van der Waals surface area contributed by atoms with Crippen LogP contribution in [0.3, 0.4) is 0 Å². The molecule has 2 unspecified atom stereocenters. The molecule has 6 aromatic carbocycles. The van der Waals surface area contributed by atoms with E-state index in [0.29, 0.717) is 17.5 Å². The summed E-state index contributed by atoms with van der Waals surface area (Å²) in [7, 11) is 3.66. The highest BCUT2D eigenvalue weighted by Gasteiger charge is 2.55. The van der Waals surface area contributed by atoms with Gasteiger partial charge in [0.15, 0.2) is 17.5 Å². The van der Waals surface area contributed by atoms with Crippen LogP contribution in [0.1, 0.15) is 34.0 Å². The third kappa shape index (κ3) is 5.09. The molecule has 2 aromatic heterocycles. The van der Waals surface area contributed by atoms with Gasteiger partial charge in [-0.15, -0.1) is 0 Å². The van der Waals surface area contributed by atoms with E-state index in [0.717, 1.165) is 38.9 Å². The Morgan fingerprint density at radius 2 is 1.04 bits per heavy atom. The first kappa shape index (κ1) is 32.7. The number of nitrogens with zero attached hydrogens (tertiary/aromatic N) is 5. The molecule has 2 aliphatic carbocycles. The molecule has 55 heavy (non-hydrogen) atoms. The Kier molecular flexibility index (Phi) is 7.66. The largest absolute Gasteiger partial charge is 0.328 e. The minimum absolute atomic E-state index is 0.0112. The zero-order valence-corrected chi connectivity index (χ0v) is 30.5. The lowest BCUT2D eigenvalue weighted by Gasteiger charge is -2.39. The molecule has 2 heterocycles. The molecule has 264 valence electrons. The first-order chi connectivity index (χ1) is 27.0. The van der Waals surface area contributed by atoms with Gasteiger partial charge in [-0.25, -0.2) is 19.7 Å². The third-order valence-electron chi connectivity index (χ3n) is 11.6. The molecular formula is C49H37N5O. The van der Waals surface area contributed by atoms with Crippen molar-refractivity contribution in [1.29, 1.82) is 0 Å². The number of hydrogen-bond donors (Lipinski definition) is 0. The van der Waals surface area contributed by atoms with Crippen LogP contribution in [0.25, 0.3) is 50.5 Å². The van der Waals surface area contributed by atoms with Crippen molar-refractivity contribution in [2.45, 2.75) is 11.3 Å². The van der Waals surface area contributed by atoms with Crippen molar-refractivity contribution < 1.29 is 0 Å². The van der Waals surface area contributed by atoms with Gasteiger partial charge in [0.05, 0.1) is 16.4 Å². The van der Waals surface area contributed by atoms with Crippen molar-refractivity contribution in [3.05, 3.63) is 215 Å². The second kappa shape index (κ2) is 12.9. The van der Waals surface area contributed by atoms with Crippen LogP contribution in [0.15, 0.2) is 181 Å². The average Bonchev–Trinajstić information content (AvgIpc) is 3.68. The molecule has 0 N–H and O–H groups in total. The van der Waals surface area contributed by atoms with Crippen LogP contribution in [0.4, 0.5) is 0 Å². The lowest BCUT2D eigenvalue weighted by Crippen LogP contribution is -2.35. The van der Waals surface area contributed by atoms with Gasteiger partial charge in [-0.1, -0.05) is 158 Å². The Morgan fingerprint density at radius 1 is 0.527 bits per heavy atom. The summed E-state index contributed by atoms with van der Waals surface area (Å²) in [4.78, 5) is 28.4. The van der Waals surface area contributed by atoms with Gasteiger partial charge in [0.2, 0.25) is 0 Å². The van der Waals surface area contributed by atoms with Crippen molar-refractivity contribution in [1.82, 2.24) is 24.1 Å². The Balaban J connectivity index is 1.23. The molecule has 0 saturated heterocycles. The molecule has 0 saturated carbocycles. The van der Waals surface area contributed by atoms with Crippen LogP contribution < -0.4 is 5.69 Å². The van der Waals surface area contributed by atoms with Crippen LogP contribution in [0.2, 0.25) is 0 Å². The van der Waals surface area contributed by atoms with Crippen molar-refractivity contribution in [2.24, 2.45) is 20.0 Å². The van der Waals surface area contributed by atoms with Crippen LogP contribution in [-0.4, -0.2) is 24.1 Å². The summed E-state index contributed by atoms with van der Waals surface area (Å²) in [6.07, 6.45) is 6.78. The summed E-state index contributed by atoms with van der Waals surface area (Å²) < 4.78 is 3.43. The molecule has 2 aliphatic rings. The molecule has 0 bridgehead atoms. The highest BCUT2D eigenvalue weighted by molar-refractivity contribution is 5.85. The Morgan fingerprint density at radius 3 is 1.64 bits per heavy atom. The molecular weight excluding hydrogens is 675 g/mol. The van der Waals surface area contributed by atoms with Crippen molar-refractivity contribution in [3.63, 3.8) is 0 Å². The normalized spacial score (nSPS) is 16.8. The van der Waals surface area contributed by atoms with Crippen molar-refractivity contribution in [3.8, 4) is 33.9 Å². The van der Waals surface area contributed by atoms with E-state index in [1.165, 1.54) is 22.3 Å². The number of fused-ring (bicyclic) bond motifs is 4. The predicted octanol–water partition coefficient (Wildman–Crippen LogP) is 9.76. The third-order valence-corrected chi connectivity index (χ3v) is 11.6. The molecule has 6 heteroatoms. The van der Waals surface area contributed by atoms with Gasteiger partial charge in [-0.3, -0.25) is 9.13 Å². The van der Waals surface area contributed by atoms with Gasteiger partial charge in [-0.05, 0) is 51.6 Å². The van der Waals surface area contributed by atoms with Gasteiger partial charge in [-0.2, -0.15) is 0 Å². The lowest BCUT2D eigenvalue weighted by molar-refractivity contribution is 0.462. The average molecular weight is 712 g/mol. The number of imidazole rings is 1. The van der Waals surface area contributed by atoms with E-state index >= 15 is 0 Å². The maximum atomic E-state index is 12.9. The number of hydrogen-bond acceptors (Lipinski definition) is 4. The summed E-state index contributed by atoms with van der Waals surface area (Å²) in [5.41, 5.74) is 11.3. The summed E-state index contributed by atoms with van der Waals surface area (Å²) >= 11 is 0. The Hall–Kier alpha value is -6.92. The summed E-state index contributed by atoms with van der Waals surface area (Å²) in [6, 6.07) is 55.4. The summed E-state index contributed by atoms with van der Waals surface area (Å²) in [5.74, 6) is 1.93. The van der Waals surface area contributed by atoms with Crippen LogP contribution in [0.5, 0.6) is 0 Å². The number of benzene rings is 6. The van der Waals surface area contributed by atoms with E-state index in [1.807, 2.05) is 50.5 Å². The SMILES string of the molecule is Cn1c(=O)n(C)c2cc(-c3ccc4c(c3)C(c3ccccc3)(c3ccccc3)C3C=CC=C(c5nc(-c6ccccc6)nc(-c6ccccc6)n5)C43)ccc21. The zero-order chi connectivity index (χ0) is 37.1. The first-order valence-electron chi connectivity index (χ1n) is 18.7. The van der Waals surface area contributed by atoms with E-state index < -0.39 is 5.41 Å². The maximum absolute atomic E-state index is 12.9. The maximum Gasteiger partial charge on any atom is 0.328 e. The monoisotopic (exact) mass is 711 g/mol. The fraction of sp³-hybridized carbons (Fsp3) is 0.102. The number of rotatable bonds is 6. The molecule has 0 amide bonds. The van der Waals surface area contributed by atoms with Gasteiger partial charge < -0.3 is 0 Å². The lowest BCUT2D eigenvalue weighted by atomic mass is 9.62. The molecule has 0 aliphatic heterocycles. The minimum Gasteiger partial charge on any atom is -0.295 e. The number of aromatic nitrogens is 5. The topological polar surface area (TPSA) is 65.6 Å². The summed E-state index contributed by atoms with van der Waals surface area (Å²) in [6.45, 7) is 0. The minimum atomic E-state index is -0.532. The fourth-order valence-electron chi connectivity index (χ4n) is 9.07. The number of aryl methyl sites for hydroxylation is 2. The van der Waals surface area contributed by atoms with E-state index in [-0.39, 0.29) is 17.5 Å². The Bertz CT molecular complexity index is 2760. The highest BCUT2D eigenvalue weighted by atomic mass is 16.1. The van der Waals surface area contributed by atoms with E-state index in [9.17, 15) is 4.79 Å². The van der Waals surface area contributed by atoms with Gasteiger partial charge in [0.25, 0.3) is 0 Å². The van der Waals surface area contributed by atoms with E-state index in [1.54, 1.807) is 9.13 Å². The zero-order valence-electron chi connectivity index (χ0n) is 30.5. The molecule has 10 rings (SSSR count). The molecule has 0 fully saturated rings. The molecule has 0 spiro atoms. The van der Waals surface area contributed by atoms with Crippen LogP contribution in [0, 0.1) is 5.92 Å². The number of allylic oxidation sites excluding steroid dienone is 4. The molecule has 0 radical (unpaired) electrons. The predicted molar refractivity (Wildman–Crippen MR) is 220 cm³/mol. The second-order valence-corrected chi connectivity index (χ2v) is 14.5. The van der Waals surface area contributed by atoms with Gasteiger partial charge >= 0.3 is 5.69 Å². The van der Waals surface area contributed by atoms with E-state index in [2.05, 4.69) is 140 Å². The quantitative estimate of drug-likeness (QED) is 0.172. The molecule has 8 aromatic rings. The molecule has 6 nitrogen and oxygen atoms in total. The van der Waals surface area contributed by atoms with Gasteiger partial charge in [0, 0.05) is 42.6 Å². The standard InChI is InChI=1S/C49H37N5O/c1-53-42-29-27-35(31-43(42)54(2)48(53)55)34-26-28-38-41(30-34)49(36-20-11-5-12-21-36,37-22-13-6-14-23-37)40-25-15-24-39(44(38)40)47-51-45(32-16-7-3-8-17-32)50-46(52-47)33-18-9-4-10-19-33/h3-31,40,44H,1-2H3. The molecule has 2 atom stereocenters. The smallest absolute Gasteiger partial charge is 0.295 e. The van der Waals surface area contributed by atoms with Crippen molar-refractivity contribution >= 4 is 16.6 Å². The Labute approximate surface area is 319 Å². The first-order valence-corrected chi connectivity index (χ1v) is 18.7. The van der Waals surface area contributed by atoms with Gasteiger partial charge in [0.1, 0.15) is 0 Å². The van der Waals surface area contributed by atoms with Crippen molar-refractivity contribution in [2.75, 3.05) is 0 Å². The highest BCUT2D eigenvalue weighted by Crippen LogP contribution is 2.62. The summed E-state index contributed by atoms with van der Waals surface area (Å²) in [5, 5.41) is 0. The fourth-order valence-corrected chi connectivity index (χ4v) is 9.07.